The van der Waals surface area contributed by atoms with Crippen LogP contribution in [-0.2, 0) is 0 Å². The standard InChI is InChI=1S/C13H14N2O3/c1-2-17-11-7-5-10(6-8-11)14-13(16)15-12-4-3-9-18-12/h3-9H,2H2,1H3,(H2,14,15,16). The molecule has 5 nitrogen and oxygen atoms in total. The summed E-state index contributed by atoms with van der Waals surface area (Å²) in [4.78, 5) is 11.6. The van der Waals surface area contributed by atoms with E-state index in [4.69, 9.17) is 9.15 Å². The Balaban J connectivity index is 1.90. The van der Waals surface area contributed by atoms with Crippen molar-refractivity contribution in [2.75, 3.05) is 17.2 Å². The maximum Gasteiger partial charge on any atom is 0.326 e. The van der Waals surface area contributed by atoms with Gasteiger partial charge in [-0.05, 0) is 37.3 Å². The van der Waals surface area contributed by atoms with Crippen molar-refractivity contribution in [3.63, 3.8) is 0 Å². The van der Waals surface area contributed by atoms with Crippen LogP contribution in [0.15, 0.2) is 47.1 Å². The minimum absolute atomic E-state index is 0.353. The molecule has 2 aromatic rings. The van der Waals surface area contributed by atoms with Crippen molar-refractivity contribution in [1.29, 1.82) is 0 Å². The van der Waals surface area contributed by atoms with Gasteiger partial charge < -0.3 is 14.5 Å². The smallest absolute Gasteiger partial charge is 0.326 e. The van der Waals surface area contributed by atoms with Crippen LogP contribution in [-0.4, -0.2) is 12.6 Å². The Morgan fingerprint density at radius 2 is 2.00 bits per heavy atom. The normalized spacial score (nSPS) is 9.83. The summed E-state index contributed by atoms with van der Waals surface area (Å²) >= 11 is 0. The van der Waals surface area contributed by atoms with Gasteiger partial charge >= 0.3 is 6.03 Å². The molecule has 94 valence electrons. The van der Waals surface area contributed by atoms with Gasteiger partial charge in [-0.25, -0.2) is 4.79 Å². The van der Waals surface area contributed by atoms with E-state index >= 15 is 0 Å². The Labute approximate surface area is 105 Å². The van der Waals surface area contributed by atoms with E-state index in [0.29, 0.717) is 18.2 Å². The van der Waals surface area contributed by atoms with Crippen molar-refractivity contribution < 1.29 is 13.9 Å². The largest absolute Gasteiger partial charge is 0.494 e. The highest BCUT2D eigenvalue weighted by molar-refractivity contribution is 5.98. The molecule has 0 radical (unpaired) electrons. The predicted molar refractivity (Wildman–Crippen MR) is 69.0 cm³/mol. The maximum atomic E-state index is 11.6. The highest BCUT2D eigenvalue weighted by Crippen LogP contribution is 2.16. The van der Waals surface area contributed by atoms with Crippen LogP contribution in [0.25, 0.3) is 0 Å². The first-order valence-electron chi connectivity index (χ1n) is 5.62. The van der Waals surface area contributed by atoms with E-state index in [9.17, 15) is 4.79 Å². The lowest BCUT2D eigenvalue weighted by atomic mass is 10.3. The van der Waals surface area contributed by atoms with Gasteiger partial charge in [0.15, 0.2) is 0 Å². The van der Waals surface area contributed by atoms with Crippen molar-refractivity contribution in [3.8, 4) is 5.75 Å². The van der Waals surface area contributed by atoms with E-state index in [1.54, 1.807) is 36.4 Å². The van der Waals surface area contributed by atoms with Crippen LogP contribution in [0.1, 0.15) is 6.92 Å². The van der Waals surface area contributed by atoms with E-state index in [-0.39, 0.29) is 6.03 Å². The minimum atomic E-state index is -0.353. The molecule has 0 saturated carbocycles. The molecule has 1 heterocycles. The first-order chi connectivity index (χ1) is 8.78. The summed E-state index contributed by atoms with van der Waals surface area (Å²) in [6.45, 7) is 2.54. The summed E-state index contributed by atoms with van der Waals surface area (Å²) in [6, 6.07) is 10.1. The molecule has 0 atom stereocenters. The predicted octanol–water partition coefficient (Wildman–Crippen LogP) is 3.32. The molecule has 2 amide bonds. The third-order valence-electron chi connectivity index (χ3n) is 2.18. The van der Waals surface area contributed by atoms with E-state index in [0.717, 1.165) is 5.75 Å². The van der Waals surface area contributed by atoms with Crippen LogP contribution in [0.4, 0.5) is 16.4 Å². The summed E-state index contributed by atoms with van der Waals surface area (Å²) in [5, 5.41) is 5.25. The van der Waals surface area contributed by atoms with Gasteiger partial charge in [-0.2, -0.15) is 0 Å². The van der Waals surface area contributed by atoms with Gasteiger partial charge in [-0.3, -0.25) is 5.32 Å². The van der Waals surface area contributed by atoms with Crippen molar-refractivity contribution in [1.82, 2.24) is 0 Å². The average molecular weight is 246 g/mol. The van der Waals surface area contributed by atoms with Gasteiger partial charge in [0.05, 0.1) is 12.9 Å². The zero-order valence-corrected chi connectivity index (χ0v) is 9.97. The number of nitrogens with one attached hydrogen (secondary N) is 2. The topological polar surface area (TPSA) is 63.5 Å². The molecule has 18 heavy (non-hydrogen) atoms. The average Bonchev–Trinajstić information content (AvgIpc) is 2.84. The SMILES string of the molecule is CCOc1ccc(NC(=O)Nc2ccco2)cc1. The zero-order chi connectivity index (χ0) is 12.8. The lowest BCUT2D eigenvalue weighted by Gasteiger charge is -2.07. The molecule has 2 N–H and O–H groups in total. The molecular weight excluding hydrogens is 232 g/mol. The van der Waals surface area contributed by atoms with Crippen molar-refractivity contribution >= 4 is 17.6 Å². The highest BCUT2D eigenvalue weighted by Gasteiger charge is 2.04. The minimum Gasteiger partial charge on any atom is -0.494 e. The molecule has 0 aliphatic heterocycles. The number of benzene rings is 1. The zero-order valence-electron chi connectivity index (χ0n) is 9.97. The van der Waals surface area contributed by atoms with Gasteiger partial charge in [-0.1, -0.05) is 0 Å². The molecule has 1 aromatic heterocycles. The Kier molecular flexibility index (Phi) is 3.86. The second-order valence-corrected chi connectivity index (χ2v) is 3.51. The van der Waals surface area contributed by atoms with Gasteiger partial charge in [0.1, 0.15) is 5.75 Å². The van der Waals surface area contributed by atoms with Crippen molar-refractivity contribution in [2.24, 2.45) is 0 Å². The third-order valence-corrected chi connectivity index (χ3v) is 2.18. The van der Waals surface area contributed by atoms with Crippen molar-refractivity contribution in [3.05, 3.63) is 42.7 Å². The quantitative estimate of drug-likeness (QED) is 0.869. The first-order valence-corrected chi connectivity index (χ1v) is 5.62. The number of hydrogen-bond donors (Lipinski definition) is 2. The van der Waals surface area contributed by atoms with E-state index < -0.39 is 0 Å². The molecule has 0 aliphatic rings. The number of amides is 2. The van der Waals surface area contributed by atoms with Gasteiger partial charge in [-0.15, -0.1) is 0 Å². The Hall–Kier alpha value is -2.43. The number of hydrogen-bond acceptors (Lipinski definition) is 3. The number of urea groups is 1. The summed E-state index contributed by atoms with van der Waals surface area (Å²) in [5.41, 5.74) is 0.683. The molecule has 0 fully saturated rings. The summed E-state index contributed by atoms with van der Waals surface area (Å²) < 4.78 is 10.3. The summed E-state index contributed by atoms with van der Waals surface area (Å²) in [5.74, 6) is 1.17. The number of ether oxygens (including phenoxy) is 1. The molecular formula is C13H14N2O3. The van der Waals surface area contributed by atoms with Crippen LogP contribution >= 0.6 is 0 Å². The molecule has 0 unspecified atom stereocenters. The lowest BCUT2D eigenvalue weighted by molar-refractivity contribution is 0.261. The summed E-state index contributed by atoms with van der Waals surface area (Å²) in [7, 11) is 0. The van der Waals surface area contributed by atoms with Crippen LogP contribution in [0.2, 0.25) is 0 Å². The molecule has 0 bridgehead atoms. The third kappa shape index (κ3) is 3.28. The molecule has 0 aliphatic carbocycles. The van der Waals surface area contributed by atoms with Gasteiger partial charge in [0.2, 0.25) is 5.88 Å². The van der Waals surface area contributed by atoms with Gasteiger partial charge in [0, 0.05) is 11.8 Å². The number of carbonyl (C=O) groups excluding carboxylic acids is 1. The number of carbonyl (C=O) groups is 1. The lowest BCUT2D eigenvalue weighted by Crippen LogP contribution is -2.18. The molecule has 1 aromatic carbocycles. The number of rotatable bonds is 4. The van der Waals surface area contributed by atoms with E-state index in [1.807, 2.05) is 6.92 Å². The maximum absolute atomic E-state index is 11.6. The van der Waals surface area contributed by atoms with E-state index in [1.165, 1.54) is 6.26 Å². The summed E-state index contributed by atoms with van der Waals surface area (Å²) in [6.07, 6.45) is 1.49. The van der Waals surface area contributed by atoms with Crippen LogP contribution in [0.5, 0.6) is 5.75 Å². The monoisotopic (exact) mass is 246 g/mol. The van der Waals surface area contributed by atoms with Crippen LogP contribution in [0, 0.1) is 0 Å². The fourth-order valence-electron chi connectivity index (χ4n) is 1.43. The number of anilines is 2. The Bertz CT molecular complexity index is 491. The molecule has 0 spiro atoms. The van der Waals surface area contributed by atoms with Gasteiger partial charge in [0.25, 0.3) is 0 Å². The van der Waals surface area contributed by atoms with Crippen LogP contribution < -0.4 is 15.4 Å². The van der Waals surface area contributed by atoms with E-state index in [2.05, 4.69) is 10.6 Å². The fraction of sp³-hybridized carbons (Fsp3) is 0.154. The molecule has 2 rings (SSSR count). The Morgan fingerprint density at radius 1 is 1.22 bits per heavy atom. The fourth-order valence-corrected chi connectivity index (χ4v) is 1.43. The molecule has 0 saturated heterocycles. The second kappa shape index (κ2) is 5.77. The van der Waals surface area contributed by atoms with Crippen molar-refractivity contribution in [2.45, 2.75) is 6.92 Å². The number of furan rings is 1. The second-order valence-electron chi connectivity index (χ2n) is 3.51. The first kappa shape index (κ1) is 12.0. The molecule has 5 heteroatoms. The van der Waals surface area contributed by atoms with Crippen LogP contribution in [0.3, 0.4) is 0 Å². The highest BCUT2D eigenvalue weighted by atomic mass is 16.5. The Morgan fingerprint density at radius 3 is 2.61 bits per heavy atom.